The van der Waals surface area contributed by atoms with Crippen LogP contribution < -0.4 is 9.80 Å². The summed E-state index contributed by atoms with van der Waals surface area (Å²) in [7, 11) is 0. The molecule has 2 heterocycles. The second-order valence-corrected chi connectivity index (χ2v) is 5.27. The predicted octanol–water partition coefficient (Wildman–Crippen LogP) is 2.84. The van der Waals surface area contributed by atoms with Crippen LogP contribution in [0.1, 0.15) is 5.76 Å². The summed E-state index contributed by atoms with van der Waals surface area (Å²) in [6.07, 6.45) is 2.46. The van der Waals surface area contributed by atoms with E-state index in [9.17, 15) is 9.18 Å². The van der Waals surface area contributed by atoms with E-state index in [0.29, 0.717) is 43.5 Å². The molecule has 1 aliphatic rings. The van der Waals surface area contributed by atoms with E-state index in [1.807, 2.05) is 17.0 Å². The molecule has 0 bridgehead atoms. The fourth-order valence-electron chi connectivity index (χ4n) is 2.63. The highest BCUT2D eigenvalue weighted by Gasteiger charge is 2.21. The van der Waals surface area contributed by atoms with Gasteiger partial charge >= 0.3 is 5.97 Å². The Bertz CT molecular complexity index is 718. The number of carboxylic acids is 1. The summed E-state index contributed by atoms with van der Waals surface area (Å²) in [6.45, 7) is 2.82. The summed E-state index contributed by atoms with van der Waals surface area (Å²) >= 11 is 0. The monoisotopic (exact) mass is 316 g/mol. The van der Waals surface area contributed by atoms with Crippen molar-refractivity contribution >= 4 is 23.6 Å². The average Bonchev–Trinajstić information content (AvgIpc) is 3.03. The van der Waals surface area contributed by atoms with Crippen molar-refractivity contribution in [3.05, 3.63) is 54.1 Å². The van der Waals surface area contributed by atoms with Gasteiger partial charge in [0, 0.05) is 38.3 Å². The highest BCUT2D eigenvalue weighted by atomic mass is 19.1. The number of rotatable bonds is 4. The predicted molar refractivity (Wildman–Crippen MR) is 86.2 cm³/mol. The number of anilines is 2. The molecule has 0 saturated carbocycles. The number of furan rings is 1. The first-order valence-electron chi connectivity index (χ1n) is 7.39. The average molecular weight is 316 g/mol. The number of hydrogen-bond acceptors (Lipinski definition) is 4. The maximum absolute atomic E-state index is 13.8. The minimum atomic E-state index is -1.01. The lowest BCUT2D eigenvalue weighted by Crippen LogP contribution is -2.46. The number of carboxylic acid groups (broad SMARTS) is 1. The fourth-order valence-corrected chi connectivity index (χ4v) is 2.63. The van der Waals surface area contributed by atoms with Gasteiger partial charge in [-0.2, -0.15) is 0 Å². The first-order chi connectivity index (χ1) is 11.1. The van der Waals surface area contributed by atoms with Crippen molar-refractivity contribution in [2.75, 3.05) is 36.0 Å². The van der Waals surface area contributed by atoms with Crippen molar-refractivity contribution in [3.63, 3.8) is 0 Å². The van der Waals surface area contributed by atoms with Crippen molar-refractivity contribution in [1.82, 2.24) is 0 Å². The molecule has 1 aromatic heterocycles. The number of hydrogen-bond donors (Lipinski definition) is 1. The van der Waals surface area contributed by atoms with Crippen molar-refractivity contribution in [3.8, 4) is 0 Å². The Morgan fingerprint density at radius 2 is 1.78 bits per heavy atom. The van der Waals surface area contributed by atoms with Crippen LogP contribution in [-0.4, -0.2) is 37.3 Å². The van der Waals surface area contributed by atoms with E-state index in [2.05, 4.69) is 4.90 Å². The van der Waals surface area contributed by atoms with Gasteiger partial charge in [0.15, 0.2) is 5.88 Å². The quantitative estimate of drug-likeness (QED) is 0.879. The molecule has 0 unspecified atom stereocenters. The standard InChI is InChI=1S/C17H17FN2O3/c18-14-3-1-2-4-15(14)19-9-11-20(12-10-19)16-7-5-13(23-16)6-8-17(21)22/h1-8H,9-12H2,(H,21,22)/b8-6+. The molecule has 6 heteroatoms. The molecule has 1 aliphatic heterocycles. The van der Waals surface area contributed by atoms with Crippen molar-refractivity contribution in [1.29, 1.82) is 0 Å². The van der Waals surface area contributed by atoms with Gasteiger partial charge in [0.1, 0.15) is 11.6 Å². The van der Waals surface area contributed by atoms with Gasteiger partial charge in [-0.15, -0.1) is 0 Å². The van der Waals surface area contributed by atoms with E-state index >= 15 is 0 Å². The van der Waals surface area contributed by atoms with Gasteiger partial charge in [-0.05, 0) is 24.3 Å². The second kappa shape index (κ2) is 6.56. The Hall–Kier alpha value is -2.76. The number of para-hydroxylation sites is 1. The molecule has 2 aromatic rings. The maximum atomic E-state index is 13.8. The zero-order valence-electron chi connectivity index (χ0n) is 12.5. The summed E-state index contributed by atoms with van der Waals surface area (Å²) in [5.41, 5.74) is 0.622. The SMILES string of the molecule is O=C(O)/C=C/c1ccc(N2CCN(c3ccccc3F)CC2)o1. The van der Waals surface area contributed by atoms with Crippen molar-refractivity contribution in [2.24, 2.45) is 0 Å². The normalized spacial score (nSPS) is 15.3. The lowest BCUT2D eigenvalue weighted by atomic mass is 10.2. The van der Waals surface area contributed by atoms with Gasteiger partial charge in [0.2, 0.25) is 0 Å². The number of piperazine rings is 1. The molecule has 0 atom stereocenters. The Balaban J connectivity index is 1.63. The summed E-state index contributed by atoms with van der Waals surface area (Å²) in [5, 5.41) is 8.62. The third kappa shape index (κ3) is 3.53. The highest BCUT2D eigenvalue weighted by molar-refractivity contribution is 5.84. The van der Waals surface area contributed by atoms with E-state index in [-0.39, 0.29) is 5.82 Å². The molecule has 1 aromatic carbocycles. The van der Waals surface area contributed by atoms with Crippen LogP contribution >= 0.6 is 0 Å². The largest absolute Gasteiger partial charge is 0.478 e. The van der Waals surface area contributed by atoms with E-state index in [0.717, 1.165) is 6.08 Å². The minimum absolute atomic E-state index is 0.208. The summed E-state index contributed by atoms with van der Waals surface area (Å²) in [4.78, 5) is 14.6. The lowest BCUT2D eigenvalue weighted by Gasteiger charge is -2.36. The van der Waals surface area contributed by atoms with Crippen LogP contribution in [0.2, 0.25) is 0 Å². The topological polar surface area (TPSA) is 56.9 Å². The van der Waals surface area contributed by atoms with Crippen LogP contribution in [0, 0.1) is 5.82 Å². The Kier molecular flexibility index (Phi) is 4.32. The summed E-state index contributed by atoms with van der Waals surface area (Å²) < 4.78 is 19.4. The molecule has 1 N–H and O–H groups in total. The van der Waals surface area contributed by atoms with Gasteiger partial charge in [-0.1, -0.05) is 12.1 Å². The number of benzene rings is 1. The highest BCUT2D eigenvalue weighted by Crippen LogP contribution is 2.24. The third-order valence-electron chi connectivity index (χ3n) is 3.79. The molecule has 0 aliphatic carbocycles. The Morgan fingerprint density at radius 3 is 2.48 bits per heavy atom. The Labute approximate surface area is 133 Å². The molecule has 0 amide bonds. The molecule has 0 radical (unpaired) electrons. The molecule has 5 nitrogen and oxygen atoms in total. The van der Waals surface area contributed by atoms with Crippen LogP contribution in [0.5, 0.6) is 0 Å². The van der Waals surface area contributed by atoms with E-state index in [1.165, 1.54) is 12.1 Å². The van der Waals surface area contributed by atoms with Crippen LogP contribution in [0.25, 0.3) is 6.08 Å². The lowest BCUT2D eigenvalue weighted by molar-refractivity contribution is -0.131. The van der Waals surface area contributed by atoms with Crippen LogP contribution in [0.4, 0.5) is 16.0 Å². The Morgan fingerprint density at radius 1 is 1.09 bits per heavy atom. The smallest absolute Gasteiger partial charge is 0.328 e. The van der Waals surface area contributed by atoms with Crippen LogP contribution in [0.3, 0.4) is 0 Å². The zero-order valence-corrected chi connectivity index (χ0v) is 12.5. The summed E-state index contributed by atoms with van der Waals surface area (Å²) in [5.74, 6) is -0.0244. The molecule has 1 fully saturated rings. The number of aliphatic carboxylic acids is 1. The van der Waals surface area contributed by atoms with E-state index in [4.69, 9.17) is 9.52 Å². The number of nitrogens with zero attached hydrogens (tertiary/aromatic N) is 2. The molecule has 0 spiro atoms. The van der Waals surface area contributed by atoms with Crippen LogP contribution in [-0.2, 0) is 4.79 Å². The molecule has 1 saturated heterocycles. The zero-order chi connectivity index (χ0) is 16.2. The third-order valence-corrected chi connectivity index (χ3v) is 3.79. The van der Waals surface area contributed by atoms with Gasteiger partial charge in [-0.3, -0.25) is 0 Å². The van der Waals surface area contributed by atoms with Gasteiger partial charge in [-0.25, -0.2) is 9.18 Å². The molecule has 120 valence electrons. The molecule has 3 rings (SSSR count). The molecular formula is C17H17FN2O3. The molecular weight excluding hydrogens is 299 g/mol. The summed E-state index contributed by atoms with van der Waals surface area (Å²) in [6, 6.07) is 10.3. The van der Waals surface area contributed by atoms with Crippen molar-refractivity contribution < 1.29 is 18.7 Å². The van der Waals surface area contributed by atoms with E-state index in [1.54, 1.807) is 18.2 Å². The van der Waals surface area contributed by atoms with E-state index < -0.39 is 5.97 Å². The molecule has 23 heavy (non-hydrogen) atoms. The first kappa shape index (κ1) is 15.1. The minimum Gasteiger partial charge on any atom is -0.478 e. The number of carbonyl (C=O) groups is 1. The van der Waals surface area contributed by atoms with Crippen LogP contribution in [0.15, 0.2) is 46.9 Å². The van der Waals surface area contributed by atoms with Gasteiger partial charge in [0.05, 0.1) is 5.69 Å². The first-order valence-corrected chi connectivity index (χ1v) is 7.39. The maximum Gasteiger partial charge on any atom is 0.328 e. The second-order valence-electron chi connectivity index (χ2n) is 5.27. The number of halogens is 1. The van der Waals surface area contributed by atoms with Gasteiger partial charge < -0.3 is 19.3 Å². The van der Waals surface area contributed by atoms with Crippen molar-refractivity contribution in [2.45, 2.75) is 0 Å². The van der Waals surface area contributed by atoms with Gasteiger partial charge in [0.25, 0.3) is 0 Å². The fraction of sp³-hybridized carbons (Fsp3) is 0.235.